The van der Waals surface area contributed by atoms with Gasteiger partial charge in [-0.15, -0.1) is 11.3 Å². The molecule has 1 saturated heterocycles. The Hall–Kier alpha value is -0.0800. The summed E-state index contributed by atoms with van der Waals surface area (Å²) in [5, 5.41) is 3.64. The van der Waals surface area contributed by atoms with Crippen LogP contribution < -0.4 is 10.0 Å². The molecule has 114 valence electrons. The van der Waals surface area contributed by atoms with Crippen molar-refractivity contribution < 1.29 is 8.42 Å². The maximum atomic E-state index is 12.2. The van der Waals surface area contributed by atoms with Crippen LogP contribution in [0.1, 0.15) is 31.1 Å². The lowest BCUT2D eigenvalue weighted by atomic mass is 10.2. The Morgan fingerprint density at radius 2 is 2.20 bits per heavy atom. The van der Waals surface area contributed by atoms with Gasteiger partial charge in [0.2, 0.25) is 10.0 Å². The van der Waals surface area contributed by atoms with E-state index in [0.717, 1.165) is 30.1 Å². The first-order valence-electron chi connectivity index (χ1n) is 7.02. The number of hydrogen-bond donors (Lipinski definition) is 2. The molecular formula is C13H22N2O2S3. The van der Waals surface area contributed by atoms with E-state index in [9.17, 15) is 8.42 Å². The number of thiophene rings is 1. The molecule has 2 heterocycles. The largest absolute Gasteiger partial charge is 0.312 e. The van der Waals surface area contributed by atoms with Crippen LogP contribution in [0.3, 0.4) is 0 Å². The minimum atomic E-state index is -3.34. The van der Waals surface area contributed by atoms with Crippen LogP contribution in [0.25, 0.3) is 0 Å². The Morgan fingerprint density at radius 1 is 1.35 bits per heavy atom. The van der Waals surface area contributed by atoms with Crippen molar-refractivity contribution in [3.8, 4) is 0 Å². The zero-order chi connectivity index (χ0) is 14.4. The maximum absolute atomic E-state index is 12.2. The highest BCUT2D eigenvalue weighted by molar-refractivity contribution is 8.00. The molecule has 1 atom stereocenters. The lowest BCUT2D eigenvalue weighted by molar-refractivity contribution is 0.576. The molecule has 0 aliphatic carbocycles. The molecule has 0 radical (unpaired) electrons. The first-order chi connectivity index (χ1) is 9.62. The summed E-state index contributed by atoms with van der Waals surface area (Å²) in [6.07, 6.45) is 3.58. The molecule has 1 unspecified atom stereocenters. The zero-order valence-electron chi connectivity index (χ0n) is 11.7. The summed E-state index contributed by atoms with van der Waals surface area (Å²) in [6, 6.07) is 3.59. The van der Waals surface area contributed by atoms with Crippen molar-refractivity contribution in [2.75, 3.05) is 18.8 Å². The van der Waals surface area contributed by atoms with Gasteiger partial charge in [-0.1, -0.05) is 13.3 Å². The Morgan fingerprint density at radius 3 is 2.90 bits per heavy atom. The van der Waals surface area contributed by atoms with Gasteiger partial charge >= 0.3 is 0 Å². The monoisotopic (exact) mass is 334 g/mol. The highest BCUT2D eigenvalue weighted by atomic mass is 32.2. The molecule has 0 saturated carbocycles. The molecule has 2 rings (SSSR count). The molecule has 4 nitrogen and oxygen atoms in total. The molecule has 0 bridgehead atoms. The van der Waals surface area contributed by atoms with Gasteiger partial charge in [0.15, 0.2) is 0 Å². The summed E-state index contributed by atoms with van der Waals surface area (Å²) in [7, 11) is -3.34. The molecule has 1 aromatic rings. The van der Waals surface area contributed by atoms with Crippen LogP contribution >= 0.6 is 23.1 Å². The predicted octanol–water partition coefficient (Wildman–Crippen LogP) is 2.42. The van der Waals surface area contributed by atoms with Crippen molar-refractivity contribution >= 4 is 33.1 Å². The van der Waals surface area contributed by atoms with Gasteiger partial charge in [-0.3, -0.25) is 0 Å². The van der Waals surface area contributed by atoms with E-state index in [-0.39, 0.29) is 0 Å². The quantitative estimate of drug-likeness (QED) is 0.804. The van der Waals surface area contributed by atoms with Crippen molar-refractivity contribution in [2.45, 2.75) is 42.2 Å². The Balaban J connectivity index is 1.90. The summed E-state index contributed by atoms with van der Waals surface area (Å²) >= 11 is 3.23. The van der Waals surface area contributed by atoms with Gasteiger partial charge in [0.1, 0.15) is 4.21 Å². The topological polar surface area (TPSA) is 58.2 Å². The van der Waals surface area contributed by atoms with Crippen molar-refractivity contribution in [1.29, 1.82) is 0 Å². The lowest BCUT2D eigenvalue weighted by Crippen LogP contribution is -2.31. The van der Waals surface area contributed by atoms with Gasteiger partial charge < -0.3 is 5.32 Å². The van der Waals surface area contributed by atoms with Crippen LogP contribution in [0.15, 0.2) is 16.3 Å². The van der Waals surface area contributed by atoms with Crippen molar-refractivity contribution in [2.24, 2.45) is 0 Å². The van der Waals surface area contributed by atoms with E-state index >= 15 is 0 Å². The van der Waals surface area contributed by atoms with Gasteiger partial charge in [0.25, 0.3) is 0 Å². The molecule has 1 aliphatic rings. The van der Waals surface area contributed by atoms with Gasteiger partial charge in [-0.25, -0.2) is 13.1 Å². The summed E-state index contributed by atoms with van der Waals surface area (Å²) in [5.74, 6) is 1.15. The second-order valence-corrected chi connectivity index (χ2v) is 9.41. The summed E-state index contributed by atoms with van der Waals surface area (Å²) in [6.45, 7) is 4.20. The standard InChI is InChI=1S/C13H22N2O2S3/c1-2-14-9-12-6-7-13(19-12)20(16,17)15-10-11-5-3-4-8-18-11/h6-7,11,14-15H,2-5,8-10H2,1H3. The first-order valence-corrected chi connectivity index (χ1v) is 10.4. The molecule has 0 spiro atoms. The predicted molar refractivity (Wildman–Crippen MR) is 87.0 cm³/mol. The van der Waals surface area contributed by atoms with E-state index in [1.165, 1.54) is 24.2 Å². The van der Waals surface area contributed by atoms with Crippen LogP contribution in [-0.4, -0.2) is 32.5 Å². The lowest BCUT2D eigenvalue weighted by Gasteiger charge is -2.21. The van der Waals surface area contributed by atoms with E-state index in [2.05, 4.69) is 10.0 Å². The Bertz CT molecular complexity index is 507. The van der Waals surface area contributed by atoms with E-state index < -0.39 is 10.0 Å². The second kappa shape index (κ2) is 7.79. The average Bonchev–Trinajstić information content (AvgIpc) is 2.94. The third-order valence-corrected chi connectivity index (χ3v) is 7.62. The molecule has 0 amide bonds. The number of nitrogens with one attached hydrogen (secondary N) is 2. The van der Waals surface area contributed by atoms with E-state index in [0.29, 0.717) is 16.0 Å². The number of thioether (sulfide) groups is 1. The number of sulfonamides is 1. The molecule has 2 N–H and O–H groups in total. The summed E-state index contributed by atoms with van der Waals surface area (Å²) in [5.41, 5.74) is 0. The van der Waals surface area contributed by atoms with Crippen LogP contribution in [0.5, 0.6) is 0 Å². The third-order valence-electron chi connectivity index (χ3n) is 3.23. The average molecular weight is 335 g/mol. The van der Waals surface area contributed by atoms with E-state index in [1.807, 2.05) is 24.8 Å². The maximum Gasteiger partial charge on any atom is 0.250 e. The fraction of sp³-hybridized carbons (Fsp3) is 0.692. The van der Waals surface area contributed by atoms with Crippen molar-refractivity contribution in [3.05, 3.63) is 17.0 Å². The Kier molecular flexibility index (Phi) is 6.35. The van der Waals surface area contributed by atoms with Crippen LogP contribution in [0, 0.1) is 0 Å². The highest BCUT2D eigenvalue weighted by Crippen LogP contribution is 2.26. The van der Waals surface area contributed by atoms with Crippen LogP contribution in [0.2, 0.25) is 0 Å². The minimum absolute atomic E-state index is 0.422. The fourth-order valence-electron chi connectivity index (χ4n) is 2.09. The van der Waals surface area contributed by atoms with Crippen molar-refractivity contribution in [3.63, 3.8) is 0 Å². The van der Waals surface area contributed by atoms with E-state index in [1.54, 1.807) is 6.07 Å². The molecule has 1 fully saturated rings. The minimum Gasteiger partial charge on any atom is -0.312 e. The smallest absolute Gasteiger partial charge is 0.250 e. The normalized spacial score (nSPS) is 20.1. The van der Waals surface area contributed by atoms with Crippen LogP contribution in [-0.2, 0) is 16.6 Å². The second-order valence-electron chi connectivity index (χ2n) is 4.84. The van der Waals surface area contributed by atoms with Gasteiger partial charge in [-0.2, -0.15) is 11.8 Å². The molecule has 20 heavy (non-hydrogen) atoms. The summed E-state index contributed by atoms with van der Waals surface area (Å²) < 4.78 is 27.6. The van der Waals surface area contributed by atoms with E-state index in [4.69, 9.17) is 0 Å². The SMILES string of the molecule is CCNCc1ccc(S(=O)(=O)NCC2CCCCS2)s1. The molecule has 1 aliphatic heterocycles. The molecular weight excluding hydrogens is 312 g/mol. The molecule has 1 aromatic heterocycles. The van der Waals surface area contributed by atoms with Gasteiger partial charge in [0.05, 0.1) is 0 Å². The van der Waals surface area contributed by atoms with Crippen LogP contribution in [0.4, 0.5) is 0 Å². The Labute approximate surface area is 129 Å². The first kappa shape index (κ1) is 16.3. The zero-order valence-corrected chi connectivity index (χ0v) is 14.2. The highest BCUT2D eigenvalue weighted by Gasteiger charge is 2.20. The molecule has 0 aromatic carbocycles. The summed E-state index contributed by atoms with van der Waals surface area (Å²) in [4.78, 5) is 1.05. The van der Waals surface area contributed by atoms with Crippen molar-refractivity contribution in [1.82, 2.24) is 10.0 Å². The number of hydrogen-bond acceptors (Lipinski definition) is 5. The third kappa shape index (κ3) is 4.73. The van der Waals surface area contributed by atoms with Gasteiger partial charge in [-0.05, 0) is 37.3 Å². The fourth-order valence-corrected chi connectivity index (χ4v) is 5.88. The molecule has 7 heteroatoms. The van der Waals surface area contributed by atoms with Gasteiger partial charge in [0, 0.05) is 23.2 Å². The number of rotatable bonds is 7.